The third-order valence-electron chi connectivity index (χ3n) is 5.57. The van der Waals surface area contributed by atoms with Crippen LogP contribution in [0.5, 0.6) is 5.75 Å². The van der Waals surface area contributed by atoms with Gasteiger partial charge in [-0.05, 0) is 61.1 Å². The predicted octanol–water partition coefficient (Wildman–Crippen LogP) is 4.22. The largest absolute Gasteiger partial charge is 0.425 e. The monoisotopic (exact) mass is 391 g/mol. The second kappa shape index (κ2) is 7.48. The van der Waals surface area contributed by atoms with Crippen LogP contribution in [0.4, 0.5) is 0 Å². The molecular weight excluding hydrogens is 366 g/mol. The van der Waals surface area contributed by atoms with Gasteiger partial charge in [-0.2, -0.15) is 0 Å². The maximum absolute atomic E-state index is 12.5. The second-order valence-corrected chi connectivity index (χ2v) is 8.29. The first kappa shape index (κ1) is 19.4. The molecule has 3 aliphatic carbocycles. The Morgan fingerprint density at radius 2 is 1.90 bits per heavy atom. The van der Waals surface area contributed by atoms with Crippen molar-refractivity contribution in [2.75, 3.05) is 0 Å². The molecular formula is C24H25NO4. The summed E-state index contributed by atoms with van der Waals surface area (Å²) < 4.78 is 10.9. The highest BCUT2D eigenvalue weighted by molar-refractivity contribution is 5.90. The summed E-state index contributed by atoms with van der Waals surface area (Å²) in [5.74, 6) is 0.350. The van der Waals surface area contributed by atoms with E-state index in [1.165, 1.54) is 5.57 Å². The Hall–Kier alpha value is -2.92. The van der Waals surface area contributed by atoms with E-state index in [0.717, 1.165) is 18.4 Å². The lowest BCUT2D eigenvalue weighted by Gasteiger charge is -2.24. The summed E-state index contributed by atoms with van der Waals surface area (Å²) in [5.41, 5.74) is 8.66. The molecule has 0 heterocycles. The minimum absolute atomic E-state index is 0.00713. The molecule has 5 heteroatoms. The van der Waals surface area contributed by atoms with Crippen molar-refractivity contribution in [1.29, 1.82) is 0 Å². The number of nitrogens with two attached hydrogens (primary N) is 1. The molecule has 1 spiro atoms. The number of benzene rings is 1. The molecule has 0 fully saturated rings. The minimum Gasteiger partial charge on any atom is -0.425 e. The van der Waals surface area contributed by atoms with Gasteiger partial charge in [0.2, 0.25) is 0 Å². The van der Waals surface area contributed by atoms with Crippen LogP contribution in [-0.2, 0) is 9.53 Å². The third-order valence-corrected chi connectivity index (χ3v) is 5.57. The van der Waals surface area contributed by atoms with E-state index in [0.29, 0.717) is 29.4 Å². The molecule has 2 bridgehead atoms. The van der Waals surface area contributed by atoms with E-state index in [1.807, 2.05) is 19.9 Å². The van der Waals surface area contributed by atoms with Crippen LogP contribution in [0.15, 0.2) is 71.6 Å². The van der Waals surface area contributed by atoms with Gasteiger partial charge in [0.25, 0.3) is 0 Å². The minimum atomic E-state index is -0.663. The van der Waals surface area contributed by atoms with Gasteiger partial charge in [-0.25, -0.2) is 9.59 Å². The molecule has 0 aromatic heterocycles. The third kappa shape index (κ3) is 3.83. The number of hydrogen-bond donors (Lipinski definition) is 1. The van der Waals surface area contributed by atoms with Gasteiger partial charge in [0.15, 0.2) is 0 Å². The molecule has 2 atom stereocenters. The van der Waals surface area contributed by atoms with Gasteiger partial charge in [-0.1, -0.05) is 43.7 Å². The summed E-state index contributed by atoms with van der Waals surface area (Å²) in [6, 6.07) is 5.66. The molecule has 2 N–H and O–H groups in total. The van der Waals surface area contributed by atoms with Crippen LogP contribution in [0.1, 0.15) is 43.5 Å². The van der Waals surface area contributed by atoms with E-state index < -0.39 is 18.0 Å². The van der Waals surface area contributed by atoms with Gasteiger partial charge in [-0.3, -0.25) is 0 Å². The first-order valence-corrected chi connectivity index (χ1v) is 9.97. The standard InChI is InChI=1S/C24H25NO4/c1-15(2)12-20(25)23(27)28-19-7-5-16(6-8-19)22(26)29-21-9-11-24-10-3-4-18(24)13-17(21)14-24/h3,5-11,13,15,20H,4,12,14,25H2,1-2H3/t20-,24?/m0/s1. The fraction of sp³-hybridized carbons (Fsp3) is 0.333. The van der Waals surface area contributed by atoms with E-state index in [9.17, 15) is 9.59 Å². The Morgan fingerprint density at radius 3 is 2.62 bits per heavy atom. The number of allylic oxidation sites excluding steroid dienone is 7. The molecule has 29 heavy (non-hydrogen) atoms. The molecule has 0 radical (unpaired) electrons. The molecule has 0 saturated carbocycles. The summed E-state index contributed by atoms with van der Waals surface area (Å²) in [6.45, 7) is 3.99. The number of fused-ring (bicyclic) bond motifs is 1. The molecule has 1 unspecified atom stereocenters. The van der Waals surface area contributed by atoms with E-state index in [4.69, 9.17) is 15.2 Å². The summed E-state index contributed by atoms with van der Waals surface area (Å²) in [6.07, 6.45) is 12.9. The Balaban J connectivity index is 1.39. The van der Waals surface area contributed by atoms with Crippen molar-refractivity contribution in [3.63, 3.8) is 0 Å². The summed E-state index contributed by atoms with van der Waals surface area (Å²) >= 11 is 0. The Morgan fingerprint density at radius 1 is 1.14 bits per heavy atom. The molecule has 0 amide bonds. The van der Waals surface area contributed by atoms with E-state index in [1.54, 1.807) is 24.3 Å². The smallest absolute Gasteiger partial charge is 0.343 e. The topological polar surface area (TPSA) is 78.6 Å². The number of carbonyl (C=O) groups is 2. The van der Waals surface area contributed by atoms with E-state index >= 15 is 0 Å². The molecule has 1 aromatic carbocycles. The zero-order valence-corrected chi connectivity index (χ0v) is 16.7. The highest BCUT2D eigenvalue weighted by Crippen LogP contribution is 2.52. The summed E-state index contributed by atoms with van der Waals surface area (Å²) in [4.78, 5) is 24.6. The van der Waals surface area contributed by atoms with Crippen molar-refractivity contribution in [2.24, 2.45) is 17.1 Å². The fourth-order valence-electron chi connectivity index (χ4n) is 4.06. The second-order valence-electron chi connectivity index (χ2n) is 8.29. The summed E-state index contributed by atoms with van der Waals surface area (Å²) in [5, 5.41) is 0. The highest BCUT2D eigenvalue weighted by Gasteiger charge is 2.40. The zero-order valence-electron chi connectivity index (χ0n) is 16.7. The highest BCUT2D eigenvalue weighted by atomic mass is 16.5. The van der Waals surface area contributed by atoms with Crippen molar-refractivity contribution in [3.8, 4) is 5.75 Å². The Bertz CT molecular complexity index is 965. The van der Waals surface area contributed by atoms with Crippen molar-refractivity contribution < 1.29 is 19.1 Å². The van der Waals surface area contributed by atoms with Crippen LogP contribution in [-0.4, -0.2) is 18.0 Å². The SMILES string of the molecule is CC(C)C[C@H](N)C(=O)Oc1ccc(C(=O)OC2=C3C=C4CC=CC4(C=C2)C3)cc1. The predicted molar refractivity (Wildman–Crippen MR) is 110 cm³/mol. The molecule has 5 nitrogen and oxygen atoms in total. The lowest BCUT2D eigenvalue weighted by molar-refractivity contribution is -0.136. The van der Waals surface area contributed by atoms with Gasteiger partial charge >= 0.3 is 11.9 Å². The molecule has 0 aliphatic heterocycles. The van der Waals surface area contributed by atoms with Crippen molar-refractivity contribution in [1.82, 2.24) is 0 Å². The lowest BCUT2D eigenvalue weighted by Crippen LogP contribution is -2.35. The zero-order chi connectivity index (χ0) is 20.6. The average molecular weight is 391 g/mol. The van der Waals surface area contributed by atoms with Crippen LogP contribution >= 0.6 is 0 Å². The van der Waals surface area contributed by atoms with Crippen LogP contribution < -0.4 is 10.5 Å². The Kier molecular flexibility index (Phi) is 5.01. The fourth-order valence-corrected chi connectivity index (χ4v) is 4.06. The van der Waals surface area contributed by atoms with Crippen LogP contribution in [0.3, 0.4) is 0 Å². The van der Waals surface area contributed by atoms with Gasteiger partial charge < -0.3 is 15.2 Å². The molecule has 4 rings (SSSR count). The first-order valence-electron chi connectivity index (χ1n) is 9.97. The van der Waals surface area contributed by atoms with Crippen LogP contribution in [0, 0.1) is 11.3 Å². The summed E-state index contributed by atoms with van der Waals surface area (Å²) in [7, 11) is 0. The molecule has 3 aliphatic rings. The molecule has 150 valence electrons. The lowest BCUT2D eigenvalue weighted by atomic mass is 9.81. The van der Waals surface area contributed by atoms with Gasteiger partial charge in [-0.15, -0.1) is 0 Å². The number of ether oxygens (including phenoxy) is 2. The normalized spacial score (nSPS) is 22.6. The average Bonchev–Trinajstić information content (AvgIpc) is 3.18. The number of hydrogen-bond acceptors (Lipinski definition) is 5. The van der Waals surface area contributed by atoms with Crippen LogP contribution in [0.25, 0.3) is 0 Å². The van der Waals surface area contributed by atoms with E-state index in [2.05, 4.69) is 24.3 Å². The van der Waals surface area contributed by atoms with E-state index in [-0.39, 0.29) is 5.41 Å². The Labute approximate surface area is 170 Å². The maximum Gasteiger partial charge on any atom is 0.343 e. The first-order chi connectivity index (χ1) is 13.9. The van der Waals surface area contributed by atoms with Gasteiger partial charge in [0.05, 0.1) is 5.56 Å². The molecule has 1 aromatic rings. The van der Waals surface area contributed by atoms with Crippen molar-refractivity contribution >= 4 is 11.9 Å². The maximum atomic E-state index is 12.5. The number of carbonyl (C=O) groups excluding carboxylic acids is 2. The molecule has 0 saturated heterocycles. The number of esters is 2. The van der Waals surface area contributed by atoms with Crippen LogP contribution in [0.2, 0.25) is 0 Å². The number of rotatable bonds is 6. The van der Waals surface area contributed by atoms with Gasteiger partial charge in [0.1, 0.15) is 17.6 Å². The van der Waals surface area contributed by atoms with Crippen molar-refractivity contribution in [2.45, 2.75) is 39.2 Å². The quantitative estimate of drug-likeness (QED) is 0.446. The van der Waals surface area contributed by atoms with Crippen molar-refractivity contribution in [3.05, 3.63) is 77.1 Å². The van der Waals surface area contributed by atoms with Gasteiger partial charge in [0, 0.05) is 5.41 Å².